The first-order valence-corrected chi connectivity index (χ1v) is 33.8. The molecule has 0 rings (SSSR count). The molecule has 0 saturated heterocycles. The summed E-state index contributed by atoms with van der Waals surface area (Å²) in [5, 5.41) is 23.2. The molecular formula is C69H131NO5. The van der Waals surface area contributed by atoms with Crippen LogP contribution in [0.5, 0.6) is 0 Å². The van der Waals surface area contributed by atoms with E-state index >= 15 is 0 Å². The van der Waals surface area contributed by atoms with Crippen molar-refractivity contribution in [3.8, 4) is 0 Å². The smallest absolute Gasteiger partial charge is 0.305 e. The molecule has 0 heterocycles. The van der Waals surface area contributed by atoms with Crippen LogP contribution in [0.2, 0.25) is 0 Å². The second kappa shape index (κ2) is 64.6. The minimum atomic E-state index is -0.857. The number of ether oxygens (including phenoxy) is 1. The van der Waals surface area contributed by atoms with Crippen molar-refractivity contribution >= 4 is 11.9 Å². The van der Waals surface area contributed by atoms with E-state index in [9.17, 15) is 19.8 Å². The third-order valence-electron chi connectivity index (χ3n) is 15.7. The Labute approximate surface area is 468 Å². The van der Waals surface area contributed by atoms with Gasteiger partial charge in [-0.1, -0.05) is 320 Å². The van der Waals surface area contributed by atoms with Crippen LogP contribution in [0.25, 0.3) is 0 Å². The van der Waals surface area contributed by atoms with Gasteiger partial charge in [0.05, 0.1) is 25.4 Å². The summed E-state index contributed by atoms with van der Waals surface area (Å²) in [4.78, 5) is 24.6. The topological polar surface area (TPSA) is 95.9 Å². The van der Waals surface area contributed by atoms with E-state index in [2.05, 4.69) is 43.5 Å². The molecule has 0 aliphatic rings. The fraction of sp³-hybridized carbons (Fsp3) is 0.884. The Balaban J connectivity index is 3.50. The number of unbranched alkanes of at least 4 members (excludes halogenated alkanes) is 48. The van der Waals surface area contributed by atoms with Crippen molar-refractivity contribution in [2.75, 3.05) is 13.2 Å². The van der Waals surface area contributed by atoms with Crippen LogP contribution in [0.3, 0.4) is 0 Å². The van der Waals surface area contributed by atoms with Crippen molar-refractivity contribution < 1.29 is 24.5 Å². The molecule has 3 N–H and O–H groups in total. The van der Waals surface area contributed by atoms with Crippen molar-refractivity contribution in [1.29, 1.82) is 0 Å². The zero-order valence-corrected chi connectivity index (χ0v) is 50.5. The summed E-state index contributed by atoms with van der Waals surface area (Å²) >= 11 is 0. The fourth-order valence-electron chi connectivity index (χ4n) is 10.5. The Morgan fingerprint density at radius 1 is 0.373 bits per heavy atom. The number of rotatable bonds is 63. The zero-order valence-electron chi connectivity index (χ0n) is 50.5. The Bertz CT molecular complexity index is 1210. The van der Waals surface area contributed by atoms with Crippen LogP contribution in [0.15, 0.2) is 36.5 Å². The molecule has 6 nitrogen and oxygen atoms in total. The van der Waals surface area contributed by atoms with Gasteiger partial charge in [0.25, 0.3) is 0 Å². The Hall–Kier alpha value is -1.92. The number of aliphatic hydroxyl groups excluding tert-OH is 2. The van der Waals surface area contributed by atoms with E-state index in [0.717, 1.165) is 83.5 Å². The molecule has 442 valence electrons. The average molecular weight is 1050 g/mol. The monoisotopic (exact) mass is 1050 g/mol. The summed E-state index contributed by atoms with van der Waals surface area (Å²) in [6.07, 6.45) is 82.0. The van der Waals surface area contributed by atoms with Gasteiger partial charge >= 0.3 is 5.97 Å². The molecule has 0 aromatic rings. The van der Waals surface area contributed by atoms with Crippen LogP contribution >= 0.6 is 0 Å². The number of hydrogen-bond donors (Lipinski definition) is 3. The lowest BCUT2D eigenvalue weighted by Crippen LogP contribution is -2.45. The Morgan fingerprint density at radius 2 is 0.667 bits per heavy atom. The molecule has 2 unspecified atom stereocenters. The number of aliphatic hydroxyl groups is 2. The molecule has 0 bridgehead atoms. The average Bonchev–Trinajstić information content (AvgIpc) is 3.41. The van der Waals surface area contributed by atoms with Gasteiger partial charge in [0.2, 0.25) is 5.91 Å². The van der Waals surface area contributed by atoms with E-state index < -0.39 is 12.1 Å². The zero-order chi connectivity index (χ0) is 54.3. The van der Waals surface area contributed by atoms with Gasteiger partial charge in [-0.05, 0) is 70.6 Å². The van der Waals surface area contributed by atoms with Gasteiger partial charge < -0.3 is 20.3 Å². The predicted molar refractivity (Wildman–Crippen MR) is 329 cm³/mol. The lowest BCUT2D eigenvalue weighted by molar-refractivity contribution is -0.143. The third kappa shape index (κ3) is 61.2. The first-order valence-electron chi connectivity index (χ1n) is 33.8. The molecule has 0 aromatic heterocycles. The highest BCUT2D eigenvalue weighted by molar-refractivity contribution is 5.76. The minimum absolute atomic E-state index is 0.0123. The van der Waals surface area contributed by atoms with Crippen LogP contribution in [0.4, 0.5) is 0 Å². The normalized spacial score (nSPS) is 12.7. The van der Waals surface area contributed by atoms with Crippen molar-refractivity contribution in [1.82, 2.24) is 5.32 Å². The van der Waals surface area contributed by atoms with E-state index in [1.54, 1.807) is 6.08 Å². The van der Waals surface area contributed by atoms with Crippen LogP contribution in [0, 0.1) is 0 Å². The molecular weight excluding hydrogens is 923 g/mol. The second-order valence-electron chi connectivity index (χ2n) is 23.2. The molecule has 0 aliphatic carbocycles. The summed E-state index contributed by atoms with van der Waals surface area (Å²) in [7, 11) is 0. The summed E-state index contributed by atoms with van der Waals surface area (Å²) < 4.78 is 5.47. The highest BCUT2D eigenvalue weighted by atomic mass is 16.5. The quantitative estimate of drug-likeness (QED) is 0.0320. The maximum Gasteiger partial charge on any atom is 0.305 e. The van der Waals surface area contributed by atoms with Crippen molar-refractivity contribution in [3.63, 3.8) is 0 Å². The minimum Gasteiger partial charge on any atom is -0.466 e. The summed E-state index contributed by atoms with van der Waals surface area (Å²) in [5.41, 5.74) is 0. The standard InChI is InChI=1S/C69H131NO5/c1-3-5-7-9-11-13-15-17-19-21-22-23-24-25-26-27-28-30-33-37-41-45-49-53-57-61-67(72)66(65-71)70-68(73)62-58-54-50-46-42-38-34-31-29-32-36-40-44-48-52-56-60-64-75-69(74)63-59-55-51-47-43-39-35-20-18-16-14-12-10-8-6-4-2/h29,32,40,44,57,61,66-67,71-72H,3-28,30-31,33-39,41-43,45-56,58-60,62-65H2,1-2H3,(H,70,73)/b32-29-,44-40-,61-57+. The largest absolute Gasteiger partial charge is 0.466 e. The first kappa shape index (κ1) is 73.1. The molecule has 0 radical (unpaired) electrons. The predicted octanol–water partition coefficient (Wildman–Crippen LogP) is 21.5. The highest BCUT2D eigenvalue weighted by Crippen LogP contribution is 2.18. The number of allylic oxidation sites excluding steroid dienone is 5. The van der Waals surface area contributed by atoms with Crippen LogP contribution in [-0.2, 0) is 14.3 Å². The van der Waals surface area contributed by atoms with E-state index in [4.69, 9.17) is 4.74 Å². The van der Waals surface area contributed by atoms with E-state index in [1.165, 1.54) is 257 Å². The van der Waals surface area contributed by atoms with Gasteiger partial charge in [0.1, 0.15) is 0 Å². The summed E-state index contributed by atoms with van der Waals surface area (Å²) in [6.45, 7) is 4.89. The highest BCUT2D eigenvalue weighted by Gasteiger charge is 2.18. The lowest BCUT2D eigenvalue weighted by Gasteiger charge is -2.20. The van der Waals surface area contributed by atoms with Crippen molar-refractivity contribution in [3.05, 3.63) is 36.5 Å². The van der Waals surface area contributed by atoms with Crippen LogP contribution in [0.1, 0.15) is 367 Å². The second-order valence-corrected chi connectivity index (χ2v) is 23.2. The molecule has 0 spiro atoms. The van der Waals surface area contributed by atoms with Crippen molar-refractivity contribution in [2.45, 2.75) is 379 Å². The SMILES string of the molecule is CCCCCCCCCCCCCCCCCCCCCCCCC/C=C/C(O)C(CO)NC(=O)CCCCCCCCC/C=C\C/C=C\CCCCCOC(=O)CCCCCCCCCCCCCCCCCC. The molecule has 1 amide bonds. The number of amides is 1. The summed E-state index contributed by atoms with van der Waals surface area (Å²) in [6, 6.07) is -0.642. The third-order valence-corrected chi connectivity index (χ3v) is 15.7. The number of carbonyl (C=O) groups is 2. The van der Waals surface area contributed by atoms with Crippen molar-refractivity contribution in [2.24, 2.45) is 0 Å². The first-order chi connectivity index (χ1) is 37.0. The molecule has 0 aromatic carbocycles. The number of hydrogen-bond acceptors (Lipinski definition) is 5. The van der Waals surface area contributed by atoms with Crippen LogP contribution in [-0.4, -0.2) is 47.4 Å². The van der Waals surface area contributed by atoms with E-state index in [-0.39, 0.29) is 18.5 Å². The molecule has 0 fully saturated rings. The maximum atomic E-state index is 12.5. The van der Waals surface area contributed by atoms with E-state index in [0.29, 0.717) is 19.4 Å². The molecule has 75 heavy (non-hydrogen) atoms. The maximum absolute atomic E-state index is 12.5. The Morgan fingerprint density at radius 3 is 1.01 bits per heavy atom. The van der Waals surface area contributed by atoms with Gasteiger partial charge in [-0.25, -0.2) is 0 Å². The van der Waals surface area contributed by atoms with Gasteiger partial charge in [-0.3, -0.25) is 9.59 Å². The number of esters is 1. The number of nitrogens with one attached hydrogen (secondary N) is 1. The molecule has 2 atom stereocenters. The molecule has 6 heteroatoms. The number of carbonyl (C=O) groups excluding carboxylic acids is 2. The molecule has 0 saturated carbocycles. The van der Waals surface area contributed by atoms with Gasteiger partial charge in [-0.15, -0.1) is 0 Å². The lowest BCUT2D eigenvalue weighted by atomic mass is 10.0. The molecule has 0 aliphatic heterocycles. The van der Waals surface area contributed by atoms with Gasteiger partial charge in [0, 0.05) is 12.8 Å². The fourth-order valence-corrected chi connectivity index (χ4v) is 10.5. The Kier molecular flexibility index (Phi) is 63.0. The van der Waals surface area contributed by atoms with E-state index in [1.807, 2.05) is 6.08 Å². The van der Waals surface area contributed by atoms with Gasteiger partial charge in [-0.2, -0.15) is 0 Å². The van der Waals surface area contributed by atoms with Gasteiger partial charge in [0.15, 0.2) is 0 Å². The summed E-state index contributed by atoms with van der Waals surface area (Å²) in [5.74, 6) is -0.0928. The van der Waals surface area contributed by atoms with Crippen LogP contribution < -0.4 is 5.32 Å².